The van der Waals surface area contributed by atoms with Crippen molar-refractivity contribution >= 4 is 30.1 Å². The van der Waals surface area contributed by atoms with Crippen LogP contribution >= 0.6 is 24.2 Å². The smallest absolute Gasteiger partial charge is 0.251 e. The summed E-state index contributed by atoms with van der Waals surface area (Å²) in [5, 5.41) is 3.57. The maximum atomic E-state index is 12.1. The van der Waals surface area contributed by atoms with E-state index >= 15 is 0 Å². The maximum Gasteiger partial charge on any atom is 0.251 e. The van der Waals surface area contributed by atoms with Crippen LogP contribution in [0.2, 0.25) is 5.02 Å². The standard InChI is InChI=1S/C15H14ClNOS/c1-10(13-7-2-3-8-14(13)16)17-15(18)11-5-4-6-12(19)9-11/h2-10,19H,1H3,(H,17,18). The first kappa shape index (κ1) is 14.0. The molecule has 1 atom stereocenters. The SMILES string of the molecule is CC(NC(=O)c1cccc(S)c1)c1ccccc1Cl. The zero-order chi connectivity index (χ0) is 13.8. The molecule has 0 spiro atoms. The molecule has 2 rings (SSSR count). The molecule has 0 bridgehead atoms. The third-order valence-electron chi connectivity index (χ3n) is 2.83. The Morgan fingerprint density at radius 3 is 2.63 bits per heavy atom. The molecule has 0 saturated carbocycles. The first-order valence-corrected chi connectivity index (χ1v) is 6.75. The third kappa shape index (κ3) is 3.52. The number of carbonyl (C=O) groups is 1. The van der Waals surface area contributed by atoms with Crippen LogP contribution in [0.25, 0.3) is 0 Å². The number of thiol groups is 1. The van der Waals surface area contributed by atoms with E-state index in [0.717, 1.165) is 10.5 Å². The third-order valence-corrected chi connectivity index (χ3v) is 3.45. The minimum atomic E-state index is -0.148. The number of halogens is 1. The van der Waals surface area contributed by atoms with Gasteiger partial charge in [0.15, 0.2) is 0 Å². The van der Waals surface area contributed by atoms with E-state index in [9.17, 15) is 4.79 Å². The molecule has 2 nitrogen and oxygen atoms in total. The van der Waals surface area contributed by atoms with Gasteiger partial charge in [-0.1, -0.05) is 35.9 Å². The lowest BCUT2D eigenvalue weighted by molar-refractivity contribution is 0.0939. The average molecular weight is 292 g/mol. The minimum absolute atomic E-state index is 0.136. The Morgan fingerprint density at radius 1 is 1.21 bits per heavy atom. The molecule has 0 heterocycles. The monoisotopic (exact) mass is 291 g/mol. The summed E-state index contributed by atoms with van der Waals surface area (Å²) in [7, 11) is 0. The summed E-state index contributed by atoms with van der Waals surface area (Å²) in [6.07, 6.45) is 0. The van der Waals surface area contributed by atoms with Crippen molar-refractivity contribution in [3.63, 3.8) is 0 Å². The zero-order valence-electron chi connectivity index (χ0n) is 10.4. The van der Waals surface area contributed by atoms with Crippen LogP contribution < -0.4 is 5.32 Å². The molecule has 0 saturated heterocycles. The van der Waals surface area contributed by atoms with Gasteiger partial charge in [-0.05, 0) is 36.8 Å². The number of hydrogen-bond donors (Lipinski definition) is 2. The van der Waals surface area contributed by atoms with Crippen molar-refractivity contribution in [2.45, 2.75) is 17.9 Å². The van der Waals surface area contributed by atoms with Gasteiger partial charge in [0.2, 0.25) is 0 Å². The van der Waals surface area contributed by atoms with E-state index in [1.165, 1.54) is 0 Å². The second kappa shape index (κ2) is 6.13. The molecular formula is C15H14ClNOS. The maximum absolute atomic E-state index is 12.1. The molecule has 0 aliphatic heterocycles. The fraction of sp³-hybridized carbons (Fsp3) is 0.133. The van der Waals surface area contributed by atoms with Crippen molar-refractivity contribution in [3.05, 3.63) is 64.7 Å². The second-order valence-corrected chi connectivity index (χ2v) is 5.19. The molecule has 19 heavy (non-hydrogen) atoms. The molecule has 0 aliphatic carbocycles. The lowest BCUT2D eigenvalue weighted by Gasteiger charge is -2.15. The first-order valence-electron chi connectivity index (χ1n) is 5.92. The van der Waals surface area contributed by atoms with Crippen LogP contribution in [0.5, 0.6) is 0 Å². The summed E-state index contributed by atoms with van der Waals surface area (Å²) in [4.78, 5) is 12.9. The highest BCUT2D eigenvalue weighted by molar-refractivity contribution is 7.80. The van der Waals surface area contributed by atoms with Gasteiger partial charge in [-0.15, -0.1) is 12.6 Å². The molecule has 2 aromatic rings. The summed E-state index contributed by atoms with van der Waals surface area (Å²) in [5.74, 6) is -0.136. The van der Waals surface area contributed by atoms with Gasteiger partial charge >= 0.3 is 0 Å². The van der Waals surface area contributed by atoms with Gasteiger partial charge in [-0.25, -0.2) is 0 Å². The molecule has 1 unspecified atom stereocenters. The summed E-state index contributed by atoms with van der Waals surface area (Å²) in [5.41, 5.74) is 1.49. The first-order chi connectivity index (χ1) is 9.08. The molecule has 1 N–H and O–H groups in total. The Labute approximate surface area is 123 Å². The number of nitrogens with one attached hydrogen (secondary N) is 1. The Bertz CT molecular complexity index is 600. The largest absolute Gasteiger partial charge is 0.345 e. The van der Waals surface area contributed by atoms with Crippen molar-refractivity contribution in [1.82, 2.24) is 5.32 Å². The summed E-state index contributed by atoms with van der Waals surface area (Å²) < 4.78 is 0. The number of amides is 1. The lowest BCUT2D eigenvalue weighted by atomic mass is 10.1. The van der Waals surface area contributed by atoms with Crippen LogP contribution in [0.4, 0.5) is 0 Å². The van der Waals surface area contributed by atoms with Crippen LogP contribution in [0.3, 0.4) is 0 Å². The number of rotatable bonds is 3. The molecule has 1 amide bonds. The van der Waals surface area contributed by atoms with Crippen molar-refractivity contribution in [1.29, 1.82) is 0 Å². The normalized spacial score (nSPS) is 11.9. The predicted octanol–water partition coefficient (Wildman–Crippen LogP) is 4.12. The van der Waals surface area contributed by atoms with E-state index < -0.39 is 0 Å². The predicted molar refractivity (Wildman–Crippen MR) is 81.0 cm³/mol. The fourth-order valence-corrected chi connectivity index (χ4v) is 2.36. The van der Waals surface area contributed by atoms with E-state index in [4.69, 9.17) is 11.6 Å². The van der Waals surface area contributed by atoms with Gasteiger partial charge in [0.1, 0.15) is 0 Å². The van der Waals surface area contributed by atoms with Crippen LogP contribution in [0, 0.1) is 0 Å². The van der Waals surface area contributed by atoms with Gasteiger partial charge in [-0.3, -0.25) is 4.79 Å². The van der Waals surface area contributed by atoms with E-state index in [0.29, 0.717) is 10.6 Å². The molecule has 0 aromatic heterocycles. The summed E-state index contributed by atoms with van der Waals surface area (Å²) in [6, 6.07) is 14.5. The number of hydrogen-bond acceptors (Lipinski definition) is 2. The Hall–Kier alpha value is -1.45. The van der Waals surface area contributed by atoms with Crippen LogP contribution in [-0.4, -0.2) is 5.91 Å². The molecule has 0 radical (unpaired) electrons. The molecule has 0 fully saturated rings. The Kier molecular flexibility index (Phi) is 4.51. The zero-order valence-corrected chi connectivity index (χ0v) is 12.1. The van der Waals surface area contributed by atoms with Crippen molar-refractivity contribution in [3.8, 4) is 0 Å². The molecule has 2 aromatic carbocycles. The van der Waals surface area contributed by atoms with Gasteiger partial charge in [0.25, 0.3) is 5.91 Å². The Balaban J connectivity index is 2.13. The van der Waals surface area contributed by atoms with Crippen LogP contribution in [0.1, 0.15) is 28.9 Å². The van der Waals surface area contributed by atoms with E-state index in [2.05, 4.69) is 17.9 Å². The van der Waals surface area contributed by atoms with Crippen LogP contribution in [-0.2, 0) is 0 Å². The van der Waals surface area contributed by atoms with Crippen molar-refractivity contribution < 1.29 is 4.79 Å². The highest BCUT2D eigenvalue weighted by Crippen LogP contribution is 2.22. The van der Waals surface area contributed by atoms with E-state index in [1.54, 1.807) is 18.2 Å². The molecule has 0 aliphatic rings. The number of benzene rings is 2. The molecule has 98 valence electrons. The van der Waals surface area contributed by atoms with E-state index in [-0.39, 0.29) is 11.9 Å². The highest BCUT2D eigenvalue weighted by Gasteiger charge is 2.13. The van der Waals surface area contributed by atoms with Gasteiger partial charge in [0, 0.05) is 15.5 Å². The summed E-state index contributed by atoms with van der Waals surface area (Å²) >= 11 is 10.3. The van der Waals surface area contributed by atoms with E-state index in [1.807, 2.05) is 37.3 Å². The average Bonchev–Trinajstić information content (AvgIpc) is 2.39. The molecular weight excluding hydrogens is 278 g/mol. The minimum Gasteiger partial charge on any atom is -0.345 e. The second-order valence-electron chi connectivity index (χ2n) is 4.27. The van der Waals surface area contributed by atoms with Gasteiger partial charge < -0.3 is 5.32 Å². The van der Waals surface area contributed by atoms with Gasteiger partial charge in [-0.2, -0.15) is 0 Å². The molecule has 4 heteroatoms. The highest BCUT2D eigenvalue weighted by atomic mass is 35.5. The van der Waals surface area contributed by atoms with Crippen molar-refractivity contribution in [2.24, 2.45) is 0 Å². The quantitative estimate of drug-likeness (QED) is 0.819. The van der Waals surface area contributed by atoms with Gasteiger partial charge in [0.05, 0.1) is 6.04 Å². The topological polar surface area (TPSA) is 29.1 Å². The van der Waals surface area contributed by atoms with Crippen molar-refractivity contribution in [2.75, 3.05) is 0 Å². The lowest BCUT2D eigenvalue weighted by Crippen LogP contribution is -2.26. The van der Waals surface area contributed by atoms with Crippen LogP contribution in [0.15, 0.2) is 53.4 Å². The summed E-state index contributed by atoms with van der Waals surface area (Å²) in [6.45, 7) is 1.91. The fourth-order valence-electron chi connectivity index (χ4n) is 1.83. The number of carbonyl (C=O) groups excluding carboxylic acids is 1. The Morgan fingerprint density at radius 2 is 1.95 bits per heavy atom.